The number of ether oxygens (including phenoxy) is 3. The van der Waals surface area contributed by atoms with Gasteiger partial charge in [-0.3, -0.25) is 9.59 Å². The molecule has 11 nitrogen and oxygen atoms in total. The molecule has 282 valence electrons. The van der Waals surface area contributed by atoms with Crippen LogP contribution in [-0.4, -0.2) is 59.8 Å². The van der Waals surface area contributed by atoms with Crippen LogP contribution in [0, 0.1) is 5.92 Å². The van der Waals surface area contributed by atoms with Crippen molar-refractivity contribution in [1.82, 2.24) is 16.0 Å². The van der Waals surface area contributed by atoms with Gasteiger partial charge in [-0.05, 0) is 60.9 Å². The quantitative estimate of drug-likeness (QED) is 0.0806. The number of hydrogen-bond acceptors (Lipinski definition) is 8. The van der Waals surface area contributed by atoms with Crippen molar-refractivity contribution in [2.75, 3.05) is 13.2 Å². The number of nitrogens with one attached hydrogen (secondary N) is 3. The van der Waals surface area contributed by atoms with E-state index in [2.05, 4.69) is 29.1 Å². The Labute approximate surface area is 311 Å². The molecule has 0 aromatic heterocycles. The number of esters is 1. The molecule has 3 aromatic rings. The molecule has 0 saturated heterocycles. The highest BCUT2D eigenvalue weighted by molar-refractivity contribution is 5.86. The van der Waals surface area contributed by atoms with Crippen molar-refractivity contribution >= 4 is 23.9 Å². The van der Waals surface area contributed by atoms with E-state index in [1.165, 1.54) is 6.08 Å². The summed E-state index contributed by atoms with van der Waals surface area (Å²) in [7, 11) is 0. The average Bonchev–Trinajstić information content (AvgIpc) is 3.64. The minimum Gasteiger partial charge on any atom is -0.489 e. The molecule has 4 rings (SSSR count). The van der Waals surface area contributed by atoms with E-state index >= 15 is 0 Å². The van der Waals surface area contributed by atoms with E-state index in [4.69, 9.17) is 14.2 Å². The second kappa shape index (κ2) is 21.2. The molecular formula is C42H51N3O8. The molecule has 3 atom stereocenters. The van der Waals surface area contributed by atoms with Crippen LogP contribution in [0.2, 0.25) is 0 Å². The first kappa shape index (κ1) is 40.4. The zero-order chi connectivity index (χ0) is 37.9. The fourth-order valence-electron chi connectivity index (χ4n) is 6.22. The summed E-state index contributed by atoms with van der Waals surface area (Å²) in [6.07, 6.45) is 5.78. The van der Waals surface area contributed by atoms with Crippen LogP contribution in [0.15, 0.2) is 110 Å². The second-order valence-electron chi connectivity index (χ2n) is 13.4. The Hall–Kier alpha value is -5.42. The maximum absolute atomic E-state index is 13.6. The number of aliphatic hydroxyl groups excluding tert-OH is 1. The number of carbonyl (C=O) groups is 4. The lowest BCUT2D eigenvalue weighted by Gasteiger charge is -2.32. The maximum atomic E-state index is 13.6. The van der Waals surface area contributed by atoms with Crippen molar-refractivity contribution in [2.24, 2.45) is 5.92 Å². The maximum Gasteiger partial charge on any atom is 0.408 e. The molecule has 0 spiro atoms. The van der Waals surface area contributed by atoms with Gasteiger partial charge in [-0.15, -0.1) is 13.2 Å². The van der Waals surface area contributed by atoms with Gasteiger partial charge in [0, 0.05) is 6.42 Å². The van der Waals surface area contributed by atoms with Gasteiger partial charge in [0.25, 0.3) is 0 Å². The topological polar surface area (TPSA) is 152 Å². The third-order valence-corrected chi connectivity index (χ3v) is 9.12. The summed E-state index contributed by atoms with van der Waals surface area (Å²) < 4.78 is 16.8. The summed E-state index contributed by atoms with van der Waals surface area (Å²) in [6.45, 7) is 7.57. The number of carbonyl (C=O) groups excluding carboxylic acids is 4. The van der Waals surface area contributed by atoms with Crippen LogP contribution < -0.4 is 20.7 Å². The Kier molecular flexibility index (Phi) is 16.1. The van der Waals surface area contributed by atoms with Crippen molar-refractivity contribution in [1.29, 1.82) is 0 Å². The van der Waals surface area contributed by atoms with Crippen LogP contribution in [0.4, 0.5) is 4.79 Å². The molecular weight excluding hydrogens is 674 g/mol. The van der Waals surface area contributed by atoms with Gasteiger partial charge in [0.1, 0.15) is 31.6 Å². The summed E-state index contributed by atoms with van der Waals surface area (Å²) in [5.74, 6) is -1.42. The van der Waals surface area contributed by atoms with E-state index in [9.17, 15) is 24.3 Å². The first-order valence-corrected chi connectivity index (χ1v) is 18.1. The van der Waals surface area contributed by atoms with Gasteiger partial charge in [0.05, 0.1) is 24.1 Å². The molecule has 1 aliphatic carbocycles. The molecule has 0 aliphatic heterocycles. The SMILES string of the molecule is C=CC[C@@H](CC(=O)N[C@H](CO)Cc1ccc(OCc2ccccc2)cc1)C(=O)NC1(COC(=O)[C@@H](CC=C)NC(=O)OCc2ccccc2)CCCC1. The third-order valence-electron chi connectivity index (χ3n) is 9.12. The van der Waals surface area contributed by atoms with Crippen molar-refractivity contribution in [2.45, 2.75) is 82.2 Å². The molecule has 4 N–H and O–H groups in total. The lowest BCUT2D eigenvalue weighted by molar-refractivity contribution is -0.149. The van der Waals surface area contributed by atoms with E-state index in [-0.39, 0.29) is 50.9 Å². The van der Waals surface area contributed by atoms with Gasteiger partial charge in [0.2, 0.25) is 11.8 Å². The van der Waals surface area contributed by atoms with Crippen molar-refractivity contribution in [3.05, 3.63) is 127 Å². The zero-order valence-corrected chi connectivity index (χ0v) is 30.2. The molecule has 0 unspecified atom stereocenters. The van der Waals surface area contributed by atoms with Gasteiger partial charge in [-0.2, -0.15) is 0 Å². The molecule has 53 heavy (non-hydrogen) atoms. The number of hydrogen-bond donors (Lipinski definition) is 4. The Balaban J connectivity index is 1.27. The largest absolute Gasteiger partial charge is 0.489 e. The van der Waals surface area contributed by atoms with Crippen LogP contribution in [0.3, 0.4) is 0 Å². The monoisotopic (exact) mass is 725 g/mol. The van der Waals surface area contributed by atoms with Crippen molar-refractivity contribution in [3.63, 3.8) is 0 Å². The Morgan fingerprint density at radius 1 is 0.774 bits per heavy atom. The van der Waals surface area contributed by atoms with Crippen LogP contribution in [0.25, 0.3) is 0 Å². The lowest BCUT2D eigenvalue weighted by Crippen LogP contribution is -2.53. The van der Waals surface area contributed by atoms with Crippen LogP contribution in [0.5, 0.6) is 5.75 Å². The van der Waals surface area contributed by atoms with Gasteiger partial charge in [-0.1, -0.05) is 97.8 Å². The highest BCUT2D eigenvalue weighted by Crippen LogP contribution is 2.31. The molecule has 0 radical (unpaired) electrons. The Bertz CT molecular complexity index is 1630. The van der Waals surface area contributed by atoms with Crippen LogP contribution in [-0.2, 0) is 43.5 Å². The number of aliphatic hydroxyl groups is 1. The number of benzene rings is 3. The van der Waals surface area contributed by atoms with E-state index in [0.717, 1.165) is 29.5 Å². The van der Waals surface area contributed by atoms with Crippen LogP contribution in [0.1, 0.15) is 61.6 Å². The standard InChI is InChI=1S/C42H51N3O8/c1-3-13-34(26-38(47)43-35(27-46)25-31-19-21-36(22-20-31)51-28-32-15-7-5-8-16-32)39(48)45-42(23-11-12-24-42)30-53-40(49)37(14-4-2)44-41(50)52-29-33-17-9-6-10-18-33/h3-10,15-22,34-35,37,46H,1-2,11-14,23-30H2,(H,43,47)(H,44,50)(H,45,48)/t34-,35-,37+/m0/s1. The third kappa shape index (κ3) is 13.6. The zero-order valence-electron chi connectivity index (χ0n) is 30.2. The van der Waals surface area contributed by atoms with Crippen LogP contribution >= 0.6 is 0 Å². The molecule has 3 amide bonds. The predicted molar refractivity (Wildman–Crippen MR) is 202 cm³/mol. The van der Waals surface area contributed by atoms with Gasteiger partial charge in [0.15, 0.2) is 0 Å². The van der Waals surface area contributed by atoms with Gasteiger partial charge in [-0.25, -0.2) is 9.59 Å². The second-order valence-corrected chi connectivity index (χ2v) is 13.4. The van der Waals surface area contributed by atoms with Gasteiger partial charge >= 0.3 is 12.1 Å². The normalized spacial score (nSPS) is 14.8. The minimum atomic E-state index is -1.02. The summed E-state index contributed by atoms with van der Waals surface area (Å²) in [5.41, 5.74) is 1.95. The summed E-state index contributed by atoms with van der Waals surface area (Å²) in [4.78, 5) is 52.4. The summed E-state index contributed by atoms with van der Waals surface area (Å²) >= 11 is 0. The first-order valence-electron chi connectivity index (χ1n) is 18.1. The van der Waals surface area contributed by atoms with E-state index in [1.807, 2.05) is 84.9 Å². The highest BCUT2D eigenvalue weighted by Gasteiger charge is 2.39. The van der Waals surface area contributed by atoms with Gasteiger partial charge < -0.3 is 35.3 Å². The number of amides is 3. The molecule has 1 saturated carbocycles. The number of allylic oxidation sites excluding steroid dienone is 1. The first-order chi connectivity index (χ1) is 25.7. The molecule has 1 aliphatic rings. The smallest absolute Gasteiger partial charge is 0.408 e. The average molecular weight is 726 g/mol. The highest BCUT2D eigenvalue weighted by atomic mass is 16.6. The Morgan fingerprint density at radius 2 is 1.40 bits per heavy atom. The minimum absolute atomic E-state index is 0.0434. The predicted octanol–water partition coefficient (Wildman–Crippen LogP) is 5.71. The van der Waals surface area contributed by atoms with E-state index < -0.39 is 35.6 Å². The van der Waals surface area contributed by atoms with E-state index in [1.54, 1.807) is 6.08 Å². The fourth-order valence-corrected chi connectivity index (χ4v) is 6.22. The fraction of sp³-hybridized carbons (Fsp3) is 0.381. The lowest BCUT2D eigenvalue weighted by atomic mass is 9.94. The Morgan fingerprint density at radius 3 is 2.00 bits per heavy atom. The molecule has 0 heterocycles. The molecule has 1 fully saturated rings. The summed E-state index contributed by atoms with van der Waals surface area (Å²) in [5, 5.41) is 18.6. The molecule has 11 heteroatoms. The number of rotatable bonds is 21. The molecule has 3 aromatic carbocycles. The van der Waals surface area contributed by atoms with Crippen molar-refractivity contribution < 1.29 is 38.5 Å². The van der Waals surface area contributed by atoms with E-state index in [0.29, 0.717) is 31.6 Å². The number of alkyl carbamates (subject to hydrolysis) is 1. The molecule has 0 bridgehead atoms. The summed E-state index contributed by atoms with van der Waals surface area (Å²) in [6, 6.07) is 24.9. The van der Waals surface area contributed by atoms with Crippen molar-refractivity contribution in [3.8, 4) is 5.75 Å².